The number of methoxy groups -OCH3 is 1. The van der Waals surface area contributed by atoms with E-state index in [4.69, 9.17) is 4.74 Å². The van der Waals surface area contributed by atoms with Crippen LogP contribution in [-0.4, -0.2) is 39.2 Å². The van der Waals surface area contributed by atoms with Gasteiger partial charge in [-0.1, -0.05) is 36.0 Å². The summed E-state index contributed by atoms with van der Waals surface area (Å²) < 4.78 is 5.20. The van der Waals surface area contributed by atoms with Crippen LogP contribution in [0.4, 0.5) is 11.4 Å². The minimum atomic E-state index is -0.556. The highest BCUT2D eigenvalue weighted by molar-refractivity contribution is 8.15. The van der Waals surface area contributed by atoms with Gasteiger partial charge in [-0.05, 0) is 48.5 Å². The Bertz CT molecular complexity index is 1110. The van der Waals surface area contributed by atoms with E-state index in [0.29, 0.717) is 23.1 Å². The Hall–Kier alpha value is -3.65. The predicted molar refractivity (Wildman–Crippen MR) is 126 cm³/mol. The van der Waals surface area contributed by atoms with E-state index < -0.39 is 5.25 Å². The fourth-order valence-electron chi connectivity index (χ4n) is 3.19. The molecule has 1 atom stereocenters. The minimum absolute atomic E-state index is 0.0543. The van der Waals surface area contributed by atoms with Crippen LogP contribution >= 0.6 is 11.8 Å². The van der Waals surface area contributed by atoms with Gasteiger partial charge in [-0.3, -0.25) is 19.5 Å². The molecule has 2 heterocycles. The maximum atomic E-state index is 13.2. The number of amidine groups is 1. The maximum Gasteiger partial charge on any atom is 0.243 e. The fraction of sp³-hybridized carbons (Fsp3) is 0.167. The van der Waals surface area contributed by atoms with E-state index >= 15 is 0 Å². The molecule has 0 radical (unpaired) electrons. The summed E-state index contributed by atoms with van der Waals surface area (Å²) in [5, 5.41) is 2.83. The van der Waals surface area contributed by atoms with Gasteiger partial charge in [-0.15, -0.1) is 0 Å². The summed E-state index contributed by atoms with van der Waals surface area (Å²) in [4.78, 5) is 36.3. The lowest BCUT2D eigenvalue weighted by Gasteiger charge is -2.16. The number of hydrogen-bond donors (Lipinski definition) is 1. The first-order valence-corrected chi connectivity index (χ1v) is 11.0. The topological polar surface area (TPSA) is 83.9 Å². The molecular formula is C24H22N4O3S. The number of benzene rings is 2. The standard InChI is InChI=1S/C24H22N4O3S/c1-31-20-12-10-18(11-13-20)27-24-28(16-19-9-5-6-14-25-19)23(30)21(32-24)15-22(29)26-17-7-3-2-4-8-17/h2-14,21H,15-16H2,1H3,(H,26,29)/t21-/m0/s1. The Balaban J connectivity index is 1.54. The van der Waals surface area contributed by atoms with Crippen molar-refractivity contribution in [3.8, 4) is 5.75 Å². The first-order valence-electron chi connectivity index (χ1n) is 10.1. The Kier molecular flexibility index (Phi) is 6.81. The SMILES string of the molecule is COc1ccc(N=C2S[C@@H](CC(=O)Nc3ccccc3)C(=O)N2Cc2ccccn2)cc1. The van der Waals surface area contributed by atoms with Gasteiger partial charge in [0.15, 0.2) is 5.17 Å². The number of carbonyl (C=O) groups excluding carboxylic acids is 2. The van der Waals surface area contributed by atoms with Crippen molar-refractivity contribution in [3.05, 3.63) is 84.7 Å². The first kappa shape index (κ1) is 21.6. The molecule has 8 heteroatoms. The highest BCUT2D eigenvalue weighted by Gasteiger charge is 2.39. The number of carbonyl (C=O) groups is 2. The molecule has 1 aromatic heterocycles. The highest BCUT2D eigenvalue weighted by atomic mass is 32.2. The average molecular weight is 447 g/mol. The Morgan fingerprint density at radius 3 is 2.53 bits per heavy atom. The lowest BCUT2D eigenvalue weighted by atomic mass is 10.2. The number of pyridine rings is 1. The molecule has 162 valence electrons. The molecule has 3 aromatic rings. The quantitative estimate of drug-likeness (QED) is 0.587. The lowest BCUT2D eigenvalue weighted by Crippen LogP contribution is -2.33. The van der Waals surface area contributed by atoms with Crippen molar-refractivity contribution < 1.29 is 14.3 Å². The van der Waals surface area contributed by atoms with Crippen molar-refractivity contribution in [2.45, 2.75) is 18.2 Å². The van der Waals surface area contributed by atoms with Crippen molar-refractivity contribution in [1.29, 1.82) is 0 Å². The van der Waals surface area contributed by atoms with E-state index in [1.165, 1.54) is 11.8 Å². The largest absolute Gasteiger partial charge is 0.497 e. The third-order valence-corrected chi connectivity index (χ3v) is 5.97. The van der Waals surface area contributed by atoms with Crippen molar-refractivity contribution in [1.82, 2.24) is 9.88 Å². The molecule has 1 aliphatic heterocycles. The van der Waals surface area contributed by atoms with Crippen molar-refractivity contribution >= 4 is 40.1 Å². The van der Waals surface area contributed by atoms with Crippen molar-refractivity contribution in [2.75, 3.05) is 12.4 Å². The molecule has 1 N–H and O–H groups in total. The van der Waals surface area contributed by atoms with E-state index in [0.717, 1.165) is 11.4 Å². The van der Waals surface area contributed by atoms with Crippen LogP contribution in [-0.2, 0) is 16.1 Å². The summed E-state index contributed by atoms with van der Waals surface area (Å²) in [6, 6.07) is 22.0. The highest BCUT2D eigenvalue weighted by Crippen LogP contribution is 2.33. The van der Waals surface area contributed by atoms with Crippen molar-refractivity contribution in [3.63, 3.8) is 0 Å². The summed E-state index contributed by atoms with van der Waals surface area (Å²) in [6.07, 6.45) is 1.74. The second-order valence-corrected chi connectivity index (χ2v) is 8.23. The Morgan fingerprint density at radius 2 is 1.84 bits per heavy atom. The summed E-state index contributed by atoms with van der Waals surface area (Å²) in [6.45, 7) is 0.290. The monoisotopic (exact) mass is 446 g/mol. The van der Waals surface area contributed by atoms with Gasteiger partial charge in [0.2, 0.25) is 11.8 Å². The molecule has 0 bridgehead atoms. The number of nitrogens with zero attached hydrogens (tertiary/aromatic N) is 3. The smallest absolute Gasteiger partial charge is 0.243 e. The van der Waals surface area contributed by atoms with Gasteiger partial charge >= 0.3 is 0 Å². The number of thioether (sulfide) groups is 1. The number of aliphatic imine (C=N–C) groups is 1. The maximum absolute atomic E-state index is 13.2. The summed E-state index contributed by atoms with van der Waals surface area (Å²) in [5.74, 6) is 0.353. The molecule has 4 rings (SSSR count). The number of rotatable bonds is 7. The molecular weight excluding hydrogens is 424 g/mol. The molecule has 32 heavy (non-hydrogen) atoms. The average Bonchev–Trinajstić information content (AvgIpc) is 3.09. The number of hydrogen-bond acceptors (Lipinski definition) is 6. The normalized spacial score (nSPS) is 16.9. The zero-order chi connectivity index (χ0) is 22.3. The van der Waals surface area contributed by atoms with Gasteiger partial charge in [-0.2, -0.15) is 0 Å². The van der Waals surface area contributed by atoms with Gasteiger partial charge < -0.3 is 10.1 Å². The summed E-state index contributed by atoms with van der Waals surface area (Å²) in [5.41, 5.74) is 2.14. The third kappa shape index (κ3) is 5.33. The Morgan fingerprint density at radius 1 is 1.09 bits per heavy atom. The Labute approximate surface area is 190 Å². The number of nitrogens with one attached hydrogen (secondary N) is 1. The fourth-order valence-corrected chi connectivity index (χ4v) is 4.35. The van der Waals surface area contributed by atoms with E-state index in [1.807, 2.05) is 72.8 Å². The number of para-hydroxylation sites is 1. The van der Waals surface area contributed by atoms with Gasteiger partial charge in [0.05, 0.1) is 25.0 Å². The molecule has 2 aromatic carbocycles. The van der Waals surface area contributed by atoms with E-state index in [9.17, 15) is 9.59 Å². The van der Waals surface area contributed by atoms with Crippen molar-refractivity contribution in [2.24, 2.45) is 4.99 Å². The molecule has 0 unspecified atom stereocenters. The molecule has 1 fully saturated rings. The molecule has 1 aliphatic rings. The van der Waals surface area contributed by atoms with Crippen LogP contribution in [0, 0.1) is 0 Å². The van der Waals surface area contributed by atoms with Gasteiger partial charge in [-0.25, -0.2) is 4.99 Å². The number of anilines is 1. The van der Waals surface area contributed by atoms with Crippen LogP contribution in [0.5, 0.6) is 5.75 Å². The number of amides is 2. The van der Waals surface area contributed by atoms with Gasteiger partial charge in [0.1, 0.15) is 11.0 Å². The zero-order valence-electron chi connectivity index (χ0n) is 17.5. The zero-order valence-corrected chi connectivity index (χ0v) is 18.3. The van der Waals surface area contributed by atoms with Crippen LogP contribution in [0.25, 0.3) is 0 Å². The molecule has 0 aliphatic carbocycles. The molecule has 1 saturated heterocycles. The van der Waals surface area contributed by atoms with Gasteiger partial charge in [0, 0.05) is 18.3 Å². The third-order valence-electron chi connectivity index (χ3n) is 4.79. The molecule has 0 saturated carbocycles. The predicted octanol–water partition coefficient (Wildman–Crippen LogP) is 4.25. The van der Waals surface area contributed by atoms with Crippen LogP contribution in [0.1, 0.15) is 12.1 Å². The lowest BCUT2D eigenvalue weighted by molar-refractivity contribution is -0.128. The van der Waals surface area contributed by atoms with Crippen LogP contribution < -0.4 is 10.1 Å². The van der Waals surface area contributed by atoms with E-state index in [-0.39, 0.29) is 18.2 Å². The van der Waals surface area contributed by atoms with Crippen LogP contribution in [0.15, 0.2) is 84.0 Å². The van der Waals surface area contributed by atoms with Gasteiger partial charge in [0.25, 0.3) is 0 Å². The minimum Gasteiger partial charge on any atom is -0.497 e. The summed E-state index contributed by atoms with van der Waals surface area (Å²) >= 11 is 1.30. The first-order chi connectivity index (χ1) is 15.6. The van der Waals surface area contributed by atoms with Crippen LogP contribution in [0.2, 0.25) is 0 Å². The molecule has 0 spiro atoms. The second kappa shape index (κ2) is 10.1. The van der Waals surface area contributed by atoms with E-state index in [1.54, 1.807) is 18.2 Å². The summed E-state index contributed by atoms with van der Waals surface area (Å²) in [7, 11) is 1.60. The van der Waals surface area contributed by atoms with E-state index in [2.05, 4.69) is 15.3 Å². The number of ether oxygens (including phenoxy) is 1. The second-order valence-electron chi connectivity index (χ2n) is 7.06. The molecule has 7 nitrogen and oxygen atoms in total. The molecule has 2 amide bonds. The van der Waals surface area contributed by atoms with Crippen LogP contribution in [0.3, 0.4) is 0 Å². The number of aromatic nitrogens is 1.